The number of likely N-dealkylation sites (tertiary alicyclic amines) is 1. The van der Waals surface area contributed by atoms with Gasteiger partial charge in [0.2, 0.25) is 0 Å². The van der Waals surface area contributed by atoms with Gasteiger partial charge in [0.1, 0.15) is 0 Å². The first-order valence-corrected chi connectivity index (χ1v) is 6.58. The van der Waals surface area contributed by atoms with E-state index in [4.69, 9.17) is 4.74 Å². The maximum absolute atomic E-state index is 5.09. The van der Waals surface area contributed by atoms with E-state index in [1.807, 2.05) is 0 Å². The van der Waals surface area contributed by atoms with Gasteiger partial charge in [0.05, 0.1) is 0 Å². The minimum atomic E-state index is 0.903. The molecular formula is C13H28N2O. The summed E-state index contributed by atoms with van der Waals surface area (Å²) in [6.07, 6.45) is 5.33. The van der Waals surface area contributed by atoms with Crippen LogP contribution in [0.25, 0.3) is 0 Å². The molecule has 16 heavy (non-hydrogen) atoms. The highest BCUT2D eigenvalue weighted by atomic mass is 16.5. The molecule has 0 aromatic rings. The van der Waals surface area contributed by atoms with Crippen LogP contribution in [0.15, 0.2) is 0 Å². The lowest BCUT2D eigenvalue weighted by Crippen LogP contribution is -2.35. The minimum absolute atomic E-state index is 0.903. The van der Waals surface area contributed by atoms with Crippen LogP contribution in [0.3, 0.4) is 0 Å². The maximum atomic E-state index is 5.09. The molecule has 0 aromatic carbocycles. The quantitative estimate of drug-likeness (QED) is 0.617. The second-order valence-corrected chi connectivity index (χ2v) is 5.22. The number of nitrogens with zero attached hydrogens (tertiary/aromatic N) is 2. The van der Waals surface area contributed by atoms with Gasteiger partial charge in [0, 0.05) is 20.3 Å². The fourth-order valence-corrected chi connectivity index (χ4v) is 2.37. The summed E-state index contributed by atoms with van der Waals surface area (Å²) in [4.78, 5) is 4.89. The SMILES string of the molecule is COCCCN1CCC(CCN(C)C)CC1. The summed E-state index contributed by atoms with van der Waals surface area (Å²) < 4.78 is 5.09. The standard InChI is InChI=1S/C13H28N2O/c1-14(2)9-5-13-6-10-15(11-7-13)8-4-12-16-3/h13H,4-12H2,1-3H3. The van der Waals surface area contributed by atoms with Gasteiger partial charge in [-0.3, -0.25) is 0 Å². The molecule has 0 amide bonds. The van der Waals surface area contributed by atoms with Gasteiger partial charge in [0.15, 0.2) is 0 Å². The molecule has 0 unspecified atom stereocenters. The molecular weight excluding hydrogens is 200 g/mol. The van der Waals surface area contributed by atoms with Crippen molar-refractivity contribution in [1.82, 2.24) is 9.80 Å². The van der Waals surface area contributed by atoms with Gasteiger partial charge in [-0.15, -0.1) is 0 Å². The third-order valence-electron chi connectivity index (χ3n) is 3.51. The van der Waals surface area contributed by atoms with Crippen LogP contribution in [0.2, 0.25) is 0 Å². The Morgan fingerprint density at radius 3 is 2.50 bits per heavy atom. The van der Waals surface area contributed by atoms with E-state index >= 15 is 0 Å². The molecule has 0 bridgehead atoms. The summed E-state index contributed by atoms with van der Waals surface area (Å²) in [6.45, 7) is 5.95. The summed E-state index contributed by atoms with van der Waals surface area (Å²) in [5.41, 5.74) is 0. The van der Waals surface area contributed by atoms with Crippen molar-refractivity contribution in [1.29, 1.82) is 0 Å². The molecule has 1 rings (SSSR count). The predicted octanol–water partition coefficient (Wildman–Crippen LogP) is 1.69. The molecule has 0 radical (unpaired) electrons. The van der Waals surface area contributed by atoms with Gasteiger partial charge < -0.3 is 14.5 Å². The molecule has 0 atom stereocenters. The second-order valence-electron chi connectivity index (χ2n) is 5.22. The number of rotatable bonds is 7. The maximum Gasteiger partial charge on any atom is 0.0474 e. The van der Waals surface area contributed by atoms with Crippen LogP contribution in [-0.4, -0.2) is 63.8 Å². The molecule has 3 heteroatoms. The van der Waals surface area contributed by atoms with Crippen LogP contribution in [0.4, 0.5) is 0 Å². The molecule has 0 aromatic heterocycles. The third-order valence-corrected chi connectivity index (χ3v) is 3.51. The lowest BCUT2D eigenvalue weighted by Gasteiger charge is -2.32. The van der Waals surface area contributed by atoms with E-state index in [1.165, 1.54) is 51.9 Å². The Morgan fingerprint density at radius 2 is 1.94 bits per heavy atom. The summed E-state index contributed by atoms with van der Waals surface area (Å²) >= 11 is 0. The Hall–Kier alpha value is -0.120. The number of hydrogen-bond acceptors (Lipinski definition) is 3. The largest absolute Gasteiger partial charge is 0.385 e. The zero-order valence-corrected chi connectivity index (χ0v) is 11.2. The highest BCUT2D eigenvalue weighted by molar-refractivity contribution is 4.72. The van der Waals surface area contributed by atoms with E-state index < -0.39 is 0 Å². The first kappa shape index (κ1) is 13.9. The lowest BCUT2D eigenvalue weighted by atomic mass is 9.93. The zero-order valence-electron chi connectivity index (χ0n) is 11.2. The fourth-order valence-electron chi connectivity index (χ4n) is 2.37. The van der Waals surface area contributed by atoms with Crippen molar-refractivity contribution in [2.45, 2.75) is 25.7 Å². The lowest BCUT2D eigenvalue weighted by molar-refractivity contribution is 0.141. The molecule has 3 nitrogen and oxygen atoms in total. The molecule has 96 valence electrons. The van der Waals surface area contributed by atoms with Crippen molar-refractivity contribution in [3.05, 3.63) is 0 Å². The predicted molar refractivity (Wildman–Crippen MR) is 68.8 cm³/mol. The second kappa shape index (κ2) is 8.04. The van der Waals surface area contributed by atoms with Gasteiger partial charge in [-0.05, 0) is 65.3 Å². The van der Waals surface area contributed by atoms with Crippen LogP contribution in [0.5, 0.6) is 0 Å². The zero-order chi connectivity index (χ0) is 11.8. The summed E-state index contributed by atoms with van der Waals surface area (Å²) in [5, 5.41) is 0. The summed E-state index contributed by atoms with van der Waals surface area (Å²) in [5.74, 6) is 0.959. The average molecular weight is 228 g/mol. The van der Waals surface area contributed by atoms with Gasteiger partial charge >= 0.3 is 0 Å². The Labute approximate surface area is 101 Å². The molecule has 0 aliphatic carbocycles. The Bertz CT molecular complexity index is 165. The normalized spacial score (nSPS) is 19.5. The molecule has 1 saturated heterocycles. The number of piperidine rings is 1. The molecule has 0 N–H and O–H groups in total. The van der Waals surface area contributed by atoms with Crippen LogP contribution >= 0.6 is 0 Å². The number of methoxy groups -OCH3 is 1. The third kappa shape index (κ3) is 5.83. The van der Waals surface area contributed by atoms with Crippen molar-refractivity contribution < 1.29 is 4.74 Å². The Balaban J connectivity index is 2.04. The molecule has 1 aliphatic heterocycles. The van der Waals surface area contributed by atoms with Gasteiger partial charge in [-0.2, -0.15) is 0 Å². The highest BCUT2D eigenvalue weighted by Gasteiger charge is 2.18. The first-order valence-electron chi connectivity index (χ1n) is 6.58. The summed E-state index contributed by atoms with van der Waals surface area (Å²) in [7, 11) is 6.12. The number of ether oxygens (including phenoxy) is 1. The topological polar surface area (TPSA) is 15.7 Å². The van der Waals surface area contributed by atoms with E-state index in [9.17, 15) is 0 Å². The minimum Gasteiger partial charge on any atom is -0.385 e. The molecule has 1 fully saturated rings. The monoisotopic (exact) mass is 228 g/mol. The van der Waals surface area contributed by atoms with E-state index in [0.717, 1.165) is 12.5 Å². The van der Waals surface area contributed by atoms with E-state index in [1.54, 1.807) is 7.11 Å². The van der Waals surface area contributed by atoms with Gasteiger partial charge in [-0.25, -0.2) is 0 Å². The van der Waals surface area contributed by atoms with Crippen LogP contribution < -0.4 is 0 Å². The van der Waals surface area contributed by atoms with Crippen molar-refractivity contribution in [3.63, 3.8) is 0 Å². The van der Waals surface area contributed by atoms with Gasteiger partial charge in [0.25, 0.3) is 0 Å². The molecule has 0 spiro atoms. The van der Waals surface area contributed by atoms with E-state index in [-0.39, 0.29) is 0 Å². The van der Waals surface area contributed by atoms with E-state index in [0.29, 0.717) is 0 Å². The van der Waals surface area contributed by atoms with Crippen molar-refractivity contribution in [3.8, 4) is 0 Å². The Kier molecular flexibility index (Phi) is 7.01. The van der Waals surface area contributed by atoms with Crippen LogP contribution in [0.1, 0.15) is 25.7 Å². The summed E-state index contributed by atoms with van der Waals surface area (Å²) in [6, 6.07) is 0. The Morgan fingerprint density at radius 1 is 1.25 bits per heavy atom. The average Bonchev–Trinajstić information content (AvgIpc) is 2.28. The smallest absolute Gasteiger partial charge is 0.0474 e. The van der Waals surface area contributed by atoms with E-state index in [2.05, 4.69) is 23.9 Å². The molecule has 0 saturated carbocycles. The fraction of sp³-hybridized carbons (Fsp3) is 1.00. The molecule has 1 heterocycles. The van der Waals surface area contributed by atoms with Crippen LogP contribution in [-0.2, 0) is 4.74 Å². The van der Waals surface area contributed by atoms with Crippen molar-refractivity contribution in [2.75, 3.05) is 54.0 Å². The number of hydrogen-bond donors (Lipinski definition) is 0. The van der Waals surface area contributed by atoms with Gasteiger partial charge in [-0.1, -0.05) is 0 Å². The van der Waals surface area contributed by atoms with Crippen molar-refractivity contribution >= 4 is 0 Å². The molecule has 1 aliphatic rings. The van der Waals surface area contributed by atoms with Crippen LogP contribution in [0, 0.1) is 5.92 Å². The van der Waals surface area contributed by atoms with Crippen molar-refractivity contribution in [2.24, 2.45) is 5.92 Å². The first-order chi connectivity index (χ1) is 7.72. The highest BCUT2D eigenvalue weighted by Crippen LogP contribution is 2.20.